The predicted molar refractivity (Wildman–Crippen MR) is 177 cm³/mol. The molecule has 0 radical (unpaired) electrons. The van der Waals surface area contributed by atoms with E-state index < -0.39 is 52.9 Å². The van der Waals surface area contributed by atoms with Crippen molar-refractivity contribution >= 4 is 40.9 Å². The lowest BCUT2D eigenvalue weighted by Crippen LogP contribution is -2.54. The monoisotopic (exact) mass is 697 g/mol. The summed E-state index contributed by atoms with van der Waals surface area (Å²) in [5.41, 5.74) is -0.0111. The SMILES string of the molecule is CC(C)(C(=O)Nc1ccc(C(F)(F)F)cc1-n1cccc1)n1cc(C#CC2CN(c3ccc4c(c3)C(=O)N(C3CCC(=O)NC3=O)C4=O)C2)cn1. The number of nitrogens with one attached hydrogen (secondary N) is 2. The van der Waals surface area contributed by atoms with Crippen LogP contribution in [0.1, 0.15) is 58.5 Å². The van der Waals surface area contributed by atoms with E-state index >= 15 is 0 Å². The van der Waals surface area contributed by atoms with Crippen molar-refractivity contribution in [1.29, 1.82) is 0 Å². The van der Waals surface area contributed by atoms with E-state index in [1.165, 1.54) is 21.5 Å². The molecule has 0 saturated carbocycles. The van der Waals surface area contributed by atoms with Gasteiger partial charge in [-0.25, -0.2) is 0 Å². The van der Waals surface area contributed by atoms with Gasteiger partial charge in [-0.15, -0.1) is 0 Å². The topological polar surface area (TPSA) is 139 Å². The van der Waals surface area contributed by atoms with Gasteiger partial charge < -0.3 is 14.8 Å². The van der Waals surface area contributed by atoms with Crippen LogP contribution in [0.4, 0.5) is 24.5 Å². The number of rotatable bonds is 6. The maximum atomic E-state index is 13.5. The zero-order chi connectivity index (χ0) is 36.2. The van der Waals surface area contributed by atoms with Gasteiger partial charge in [-0.1, -0.05) is 11.8 Å². The van der Waals surface area contributed by atoms with Crippen LogP contribution in [0.3, 0.4) is 0 Å². The van der Waals surface area contributed by atoms with E-state index in [-0.39, 0.29) is 41.3 Å². The summed E-state index contributed by atoms with van der Waals surface area (Å²) in [5, 5.41) is 9.27. The molecule has 15 heteroatoms. The molecule has 4 aromatic rings. The first-order valence-electron chi connectivity index (χ1n) is 16.0. The minimum absolute atomic E-state index is 0.0120. The van der Waals surface area contributed by atoms with Gasteiger partial charge in [-0.3, -0.25) is 38.9 Å². The average molecular weight is 698 g/mol. The Labute approximate surface area is 289 Å². The summed E-state index contributed by atoms with van der Waals surface area (Å²) < 4.78 is 43.3. The van der Waals surface area contributed by atoms with Crippen LogP contribution in [0.2, 0.25) is 0 Å². The number of anilines is 2. The normalized spacial score (nSPS) is 17.9. The molecule has 7 rings (SSSR count). The van der Waals surface area contributed by atoms with E-state index in [0.717, 1.165) is 22.7 Å². The molecule has 2 aromatic heterocycles. The number of alkyl halides is 3. The summed E-state index contributed by atoms with van der Waals surface area (Å²) in [6.07, 6.45) is 1.90. The van der Waals surface area contributed by atoms with Crippen LogP contribution in [0.15, 0.2) is 73.3 Å². The Morgan fingerprint density at radius 3 is 2.41 bits per heavy atom. The molecule has 1 unspecified atom stereocenters. The van der Waals surface area contributed by atoms with Crippen molar-refractivity contribution in [2.24, 2.45) is 5.92 Å². The zero-order valence-electron chi connectivity index (χ0n) is 27.3. The van der Waals surface area contributed by atoms with Gasteiger partial charge in [0.25, 0.3) is 17.7 Å². The van der Waals surface area contributed by atoms with Crippen LogP contribution in [0.5, 0.6) is 0 Å². The largest absolute Gasteiger partial charge is 0.416 e. The molecule has 2 saturated heterocycles. The van der Waals surface area contributed by atoms with Crippen molar-refractivity contribution < 1.29 is 37.1 Å². The number of amides is 5. The van der Waals surface area contributed by atoms with Crippen LogP contribution in [0.25, 0.3) is 5.69 Å². The van der Waals surface area contributed by atoms with Gasteiger partial charge in [0.05, 0.1) is 45.7 Å². The summed E-state index contributed by atoms with van der Waals surface area (Å²) in [4.78, 5) is 66.5. The highest BCUT2D eigenvalue weighted by molar-refractivity contribution is 6.23. The van der Waals surface area contributed by atoms with Crippen LogP contribution < -0.4 is 15.5 Å². The maximum Gasteiger partial charge on any atom is 0.416 e. The molecule has 0 spiro atoms. The highest BCUT2D eigenvalue weighted by Crippen LogP contribution is 2.35. The Morgan fingerprint density at radius 2 is 1.71 bits per heavy atom. The third-order valence-electron chi connectivity index (χ3n) is 9.26. The Hall–Kier alpha value is -6.17. The number of hydrogen-bond acceptors (Lipinski definition) is 7. The van der Waals surface area contributed by atoms with Crippen molar-refractivity contribution in [1.82, 2.24) is 24.6 Å². The van der Waals surface area contributed by atoms with Crippen molar-refractivity contribution in [3.05, 3.63) is 95.6 Å². The first-order valence-corrected chi connectivity index (χ1v) is 16.0. The lowest BCUT2D eigenvalue weighted by atomic mass is 9.98. The quantitative estimate of drug-likeness (QED) is 0.230. The number of carbonyl (C=O) groups excluding carboxylic acids is 5. The fraction of sp³-hybridized carbons (Fsp3) is 0.278. The van der Waals surface area contributed by atoms with Gasteiger partial charge >= 0.3 is 6.18 Å². The molecule has 3 aliphatic rings. The summed E-state index contributed by atoms with van der Waals surface area (Å²) in [5.74, 6) is 3.53. The fourth-order valence-corrected chi connectivity index (χ4v) is 6.22. The molecule has 12 nitrogen and oxygen atoms in total. The van der Waals surface area contributed by atoms with Gasteiger partial charge in [0.2, 0.25) is 11.8 Å². The number of carbonyl (C=O) groups is 5. The Kier molecular flexibility index (Phi) is 8.04. The van der Waals surface area contributed by atoms with Crippen LogP contribution >= 0.6 is 0 Å². The van der Waals surface area contributed by atoms with Gasteiger partial charge in [-0.05, 0) is 68.8 Å². The zero-order valence-corrected chi connectivity index (χ0v) is 27.3. The number of nitrogens with zero attached hydrogens (tertiary/aromatic N) is 5. The van der Waals surface area contributed by atoms with E-state index in [0.29, 0.717) is 18.7 Å². The Morgan fingerprint density at radius 1 is 0.980 bits per heavy atom. The minimum Gasteiger partial charge on any atom is -0.369 e. The van der Waals surface area contributed by atoms with Crippen molar-refractivity contribution in [2.75, 3.05) is 23.3 Å². The number of benzene rings is 2. The molecule has 2 aromatic carbocycles. The second kappa shape index (κ2) is 12.3. The van der Waals surface area contributed by atoms with E-state index in [1.54, 1.807) is 62.8 Å². The van der Waals surface area contributed by atoms with E-state index in [2.05, 4.69) is 27.6 Å². The molecule has 3 aliphatic heterocycles. The van der Waals surface area contributed by atoms with Crippen LogP contribution in [-0.2, 0) is 26.1 Å². The highest BCUT2D eigenvalue weighted by atomic mass is 19.4. The highest BCUT2D eigenvalue weighted by Gasteiger charge is 2.45. The number of piperidine rings is 1. The van der Waals surface area contributed by atoms with Crippen LogP contribution in [0, 0.1) is 17.8 Å². The molecule has 260 valence electrons. The maximum absolute atomic E-state index is 13.5. The van der Waals surface area contributed by atoms with Gasteiger partial charge in [0.1, 0.15) is 11.6 Å². The number of aromatic nitrogens is 3. The molecule has 5 heterocycles. The molecule has 1 atom stereocenters. The first kappa shape index (κ1) is 33.3. The first-order chi connectivity index (χ1) is 24.2. The Balaban J connectivity index is 0.991. The minimum atomic E-state index is -4.55. The fourth-order valence-electron chi connectivity index (χ4n) is 6.22. The summed E-state index contributed by atoms with van der Waals surface area (Å²) in [7, 11) is 0. The second-order valence-corrected chi connectivity index (χ2v) is 13.1. The molecule has 2 N–H and O–H groups in total. The Bertz CT molecular complexity index is 2170. The molecule has 0 aliphatic carbocycles. The number of imide groups is 2. The number of halogens is 3. The summed E-state index contributed by atoms with van der Waals surface area (Å²) in [6.45, 7) is 4.39. The number of fused-ring (bicyclic) bond motifs is 1. The van der Waals surface area contributed by atoms with E-state index in [4.69, 9.17) is 0 Å². The summed E-state index contributed by atoms with van der Waals surface area (Å²) >= 11 is 0. The third kappa shape index (κ3) is 6.13. The van der Waals surface area contributed by atoms with E-state index in [1.807, 2.05) is 4.90 Å². The van der Waals surface area contributed by atoms with Crippen LogP contribution in [-0.4, -0.2) is 67.9 Å². The summed E-state index contributed by atoms with van der Waals surface area (Å²) in [6, 6.07) is 10.4. The number of hydrogen-bond donors (Lipinski definition) is 2. The van der Waals surface area contributed by atoms with E-state index in [9.17, 15) is 37.1 Å². The molecule has 5 amide bonds. The van der Waals surface area contributed by atoms with Gasteiger partial charge in [0.15, 0.2) is 0 Å². The molecule has 0 bridgehead atoms. The van der Waals surface area contributed by atoms with Crippen molar-refractivity contribution in [3.63, 3.8) is 0 Å². The second-order valence-electron chi connectivity index (χ2n) is 13.1. The smallest absolute Gasteiger partial charge is 0.369 e. The third-order valence-corrected chi connectivity index (χ3v) is 9.26. The average Bonchev–Trinajstić information content (AvgIpc) is 3.82. The lowest BCUT2D eigenvalue weighted by Gasteiger charge is -2.38. The molecular weight excluding hydrogens is 667 g/mol. The van der Waals surface area contributed by atoms with Gasteiger partial charge in [-0.2, -0.15) is 18.3 Å². The van der Waals surface area contributed by atoms with Crippen molar-refractivity contribution in [3.8, 4) is 17.5 Å². The van der Waals surface area contributed by atoms with Gasteiger partial charge in [0, 0.05) is 43.8 Å². The molecule has 2 fully saturated rings. The molecule has 51 heavy (non-hydrogen) atoms. The van der Waals surface area contributed by atoms with Crippen molar-refractivity contribution in [2.45, 2.75) is 44.4 Å². The predicted octanol–water partition coefficient (Wildman–Crippen LogP) is 3.96. The lowest BCUT2D eigenvalue weighted by molar-refractivity contribution is -0.138. The standard InChI is InChI=1S/C36H30F3N7O5/c1-35(2,34(51)41-27-10-7-23(36(37,38)39)15-29(27)43-13-3-4-14-43)45-20-21(17-40-45)5-6-22-18-44(19-22)24-8-9-25-26(16-24)33(50)46(32(25)49)28-11-12-30(47)42-31(28)48/h3-4,7-10,13-17,20,22,28H,11-12,18-19H2,1-2H3,(H,41,51)(H,42,47,48). The molecular formula is C36H30F3N7O5.